The zero-order chi connectivity index (χ0) is 17.2. The van der Waals surface area contributed by atoms with Gasteiger partial charge in [0.1, 0.15) is 17.0 Å². The van der Waals surface area contributed by atoms with Gasteiger partial charge in [0.2, 0.25) is 0 Å². The van der Waals surface area contributed by atoms with Gasteiger partial charge in [-0.3, -0.25) is 4.90 Å². The summed E-state index contributed by atoms with van der Waals surface area (Å²) in [7, 11) is 0. The maximum atomic E-state index is 5.66. The van der Waals surface area contributed by atoms with Gasteiger partial charge in [-0.1, -0.05) is 0 Å². The van der Waals surface area contributed by atoms with E-state index >= 15 is 0 Å². The number of aryl methyl sites for hydroxylation is 2. The minimum atomic E-state index is 0.455. The van der Waals surface area contributed by atoms with Crippen molar-refractivity contribution in [3.05, 3.63) is 16.8 Å². The minimum absolute atomic E-state index is 0.455. The van der Waals surface area contributed by atoms with Crippen LogP contribution in [-0.2, 0) is 9.47 Å². The third-order valence-electron chi connectivity index (χ3n) is 5.47. The summed E-state index contributed by atoms with van der Waals surface area (Å²) in [6.45, 7) is 10.6. The molecule has 0 saturated carbocycles. The third-order valence-corrected chi connectivity index (χ3v) is 6.58. The van der Waals surface area contributed by atoms with Gasteiger partial charge in [0.25, 0.3) is 0 Å². The molecule has 6 nitrogen and oxygen atoms in total. The van der Waals surface area contributed by atoms with Crippen molar-refractivity contribution in [1.29, 1.82) is 0 Å². The van der Waals surface area contributed by atoms with Crippen LogP contribution in [0.15, 0.2) is 6.33 Å². The van der Waals surface area contributed by atoms with E-state index in [-0.39, 0.29) is 0 Å². The molecule has 0 spiro atoms. The summed E-state index contributed by atoms with van der Waals surface area (Å²) in [4.78, 5) is 13.9. The standard InChI is InChI=1S/C18H26N4O2S/c1-12-13(2)25-18-16(12)17(20-11-21-18)19-9-15(14-3-6-24-10-14)22-4-7-23-8-5-22/h11,14-15H,3-10H2,1-2H3,(H,19,20,21)/t14-,15-/m0/s1. The van der Waals surface area contributed by atoms with Crippen molar-refractivity contribution in [2.24, 2.45) is 5.92 Å². The van der Waals surface area contributed by atoms with Gasteiger partial charge >= 0.3 is 0 Å². The molecule has 1 N–H and O–H groups in total. The second-order valence-corrected chi connectivity index (χ2v) is 8.11. The summed E-state index contributed by atoms with van der Waals surface area (Å²) in [5.74, 6) is 1.54. The van der Waals surface area contributed by atoms with Crippen LogP contribution >= 0.6 is 11.3 Å². The predicted octanol–water partition coefficient (Wildman–Crippen LogP) is 2.46. The Hall–Kier alpha value is -1.28. The molecule has 2 fully saturated rings. The molecule has 2 atom stereocenters. The molecular weight excluding hydrogens is 336 g/mol. The first-order valence-corrected chi connectivity index (χ1v) is 9.90. The third kappa shape index (κ3) is 3.51. The van der Waals surface area contributed by atoms with Crippen molar-refractivity contribution in [1.82, 2.24) is 14.9 Å². The van der Waals surface area contributed by atoms with Crippen LogP contribution in [0.1, 0.15) is 16.9 Å². The molecule has 2 saturated heterocycles. The van der Waals surface area contributed by atoms with Gasteiger partial charge in [-0.2, -0.15) is 0 Å². The Morgan fingerprint density at radius 1 is 1.24 bits per heavy atom. The Balaban J connectivity index is 1.54. The Morgan fingerprint density at radius 3 is 2.84 bits per heavy atom. The maximum Gasteiger partial charge on any atom is 0.138 e. The van der Waals surface area contributed by atoms with E-state index in [1.807, 2.05) is 0 Å². The van der Waals surface area contributed by atoms with E-state index in [1.54, 1.807) is 17.7 Å². The topological polar surface area (TPSA) is 59.5 Å². The molecule has 2 aromatic heterocycles. The van der Waals surface area contributed by atoms with Gasteiger partial charge in [-0.05, 0) is 25.8 Å². The summed E-state index contributed by atoms with van der Waals surface area (Å²) in [6, 6.07) is 0.455. The predicted molar refractivity (Wildman–Crippen MR) is 100 cm³/mol. The molecule has 4 heterocycles. The van der Waals surface area contributed by atoms with Crippen molar-refractivity contribution < 1.29 is 9.47 Å². The van der Waals surface area contributed by atoms with E-state index in [9.17, 15) is 0 Å². The molecule has 25 heavy (non-hydrogen) atoms. The quantitative estimate of drug-likeness (QED) is 0.882. The van der Waals surface area contributed by atoms with Crippen LogP contribution in [0.5, 0.6) is 0 Å². The Kier molecular flexibility index (Phi) is 5.17. The molecule has 0 aliphatic carbocycles. The largest absolute Gasteiger partial charge is 0.381 e. The number of aromatic nitrogens is 2. The van der Waals surface area contributed by atoms with Crippen molar-refractivity contribution in [2.45, 2.75) is 26.3 Å². The number of fused-ring (bicyclic) bond motifs is 1. The highest BCUT2D eigenvalue weighted by Gasteiger charge is 2.31. The zero-order valence-electron chi connectivity index (χ0n) is 15.0. The molecule has 7 heteroatoms. The van der Waals surface area contributed by atoms with Crippen LogP contribution in [0.4, 0.5) is 5.82 Å². The molecular formula is C18H26N4O2S. The van der Waals surface area contributed by atoms with Crippen LogP contribution in [0.2, 0.25) is 0 Å². The van der Waals surface area contributed by atoms with Crippen LogP contribution in [0.3, 0.4) is 0 Å². The molecule has 4 rings (SSSR count). The van der Waals surface area contributed by atoms with Crippen LogP contribution < -0.4 is 5.32 Å². The van der Waals surface area contributed by atoms with E-state index in [2.05, 4.69) is 34.0 Å². The average Bonchev–Trinajstić information content (AvgIpc) is 3.26. The monoisotopic (exact) mass is 362 g/mol. The fourth-order valence-corrected chi connectivity index (χ4v) is 4.87. The number of thiophene rings is 1. The second-order valence-electron chi connectivity index (χ2n) is 6.91. The SMILES string of the molecule is Cc1sc2ncnc(NC[C@@H]([C@H]3CCOC3)N3CCOCC3)c2c1C. The fraction of sp³-hybridized carbons (Fsp3) is 0.667. The number of anilines is 1. The van der Waals surface area contributed by atoms with Crippen LogP contribution in [0, 0.1) is 19.8 Å². The first-order valence-electron chi connectivity index (χ1n) is 9.08. The maximum absolute atomic E-state index is 5.66. The minimum Gasteiger partial charge on any atom is -0.381 e. The normalized spacial score (nSPS) is 23.2. The first kappa shape index (κ1) is 17.1. The Labute approximate surface area is 152 Å². The zero-order valence-corrected chi connectivity index (χ0v) is 15.8. The van der Waals surface area contributed by atoms with E-state index in [0.717, 1.165) is 63.1 Å². The molecule has 0 amide bonds. The molecule has 0 unspecified atom stereocenters. The number of rotatable bonds is 5. The summed E-state index contributed by atoms with van der Waals surface area (Å²) >= 11 is 1.74. The van der Waals surface area contributed by atoms with Gasteiger partial charge in [-0.25, -0.2) is 9.97 Å². The lowest BCUT2D eigenvalue weighted by Gasteiger charge is -2.37. The van der Waals surface area contributed by atoms with Crippen molar-refractivity contribution in [3.8, 4) is 0 Å². The van der Waals surface area contributed by atoms with Crippen molar-refractivity contribution in [2.75, 3.05) is 51.4 Å². The molecule has 0 aromatic carbocycles. The number of nitrogens with one attached hydrogen (secondary N) is 1. The Bertz CT molecular complexity index is 723. The molecule has 2 aliphatic heterocycles. The molecule has 0 bridgehead atoms. The lowest BCUT2D eigenvalue weighted by atomic mass is 9.97. The highest BCUT2D eigenvalue weighted by molar-refractivity contribution is 7.18. The smallest absolute Gasteiger partial charge is 0.138 e. The van der Waals surface area contributed by atoms with Gasteiger partial charge in [-0.15, -0.1) is 11.3 Å². The highest BCUT2D eigenvalue weighted by Crippen LogP contribution is 2.33. The van der Waals surface area contributed by atoms with Gasteiger partial charge in [0, 0.05) is 43.1 Å². The van der Waals surface area contributed by atoms with E-state index < -0.39 is 0 Å². The summed E-state index contributed by atoms with van der Waals surface area (Å²) in [5, 5.41) is 4.81. The lowest BCUT2D eigenvalue weighted by molar-refractivity contribution is 0.00460. The van der Waals surface area contributed by atoms with Crippen molar-refractivity contribution >= 4 is 27.4 Å². The van der Waals surface area contributed by atoms with Gasteiger partial charge in [0.15, 0.2) is 0 Å². The van der Waals surface area contributed by atoms with E-state index in [0.29, 0.717) is 12.0 Å². The van der Waals surface area contributed by atoms with Crippen molar-refractivity contribution in [3.63, 3.8) is 0 Å². The number of morpholine rings is 1. The summed E-state index contributed by atoms with van der Waals surface area (Å²) < 4.78 is 11.2. The average molecular weight is 362 g/mol. The number of nitrogens with zero attached hydrogens (tertiary/aromatic N) is 3. The summed E-state index contributed by atoms with van der Waals surface area (Å²) in [5.41, 5.74) is 1.29. The van der Waals surface area contributed by atoms with Crippen LogP contribution in [0.25, 0.3) is 10.2 Å². The number of ether oxygens (including phenoxy) is 2. The highest BCUT2D eigenvalue weighted by atomic mass is 32.1. The first-order chi connectivity index (χ1) is 12.2. The number of hydrogen-bond donors (Lipinski definition) is 1. The van der Waals surface area contributed by atoms with Crippen LogP contribution in [-0.4, -0.2) is 67.0 Å². The number of hydrogen-bond acceptors (Lipinski definition) is 7. The van der Waals surface area contributed by atoms with E-state index in [4.69, 9.17) is 9.47 Å². The lowest BCUT2D eigenvalue weighted by Crippen LogP contribution is -2.50. The van der Waals surface area contributed by atoms with E-state index in [1.165, 1.54) is 15.8 Å². The molecule has 136 valence electrons. The molecule has 2 aliphatic rings. The Morgan fingerprint density at radius 2 is 2.08 bits per heavy atom. The van der Waals surface area contributed by atoms with Gasteiger partial charge in [0.05, 0.1) is 25.2 Å². The molecule has 0 radical (unpaired) electrons. The second kappa shape index (κ2) is 7.53. The molecule has 2 aromatic rings. The van der Waals surface area contributed by atoms with Gasteiger partial charge < -0.3 is 14.8 Å². The fourth-order valence-electron chi connectivity index (χ4n) is 3.88. The summed E-state index contributed by atoms with van der Waals surface area (Å²) in [6.07, 6.45) is 2.81.